The number of anilines is 1. The van der Waals surface area contributed by atoms with Gasteiger partial charge in [-0.1, -0.05) is 18.2 Å². The minimum atomic E-state index is -0.811. The van der Waals surface area contributed by atoms with Crippen molar-refractivity contribution < 1.29 is 19.7 Å². The van der Waals surface area contributed by atoms with Gasteiger partial charge in [-0.2, -0.15) is 0 Å². The molecule has 2 aliphatic rings. The van der Waals surface area contributed by atoms with E-state index in [-0.39, 0.29) is 18.6 Å². The van der Waals surface area contributed by atoms with Gasteiger partial charge in [-0.3, -0.25) is 4.79 Å². The van der Waals surface area contributed by atoms with E-state index in [0.717, 1.165) is 45.3 Å². The molecule has 6 nitrogen and oxygen atoms in total. The number of amides is 1. The second-order valence-electron chi connectivity index (χ2n) is 7.43. The van der Waals surface area contributed by atoms with Crippen LogP contribution < -0.4 is 5.32 Å². The molecule has 2 fully saturated rings. The van der Waals surface area contributed by atoms with Gasteiger partial charge in [0.2, 0.25) is 0 Å². The van der Waals surface area contributed by atoms with Gasteiger partial charge in [0, 0.05) is 18.8 Å². The van der Waals surface area contributed by atoms with E-state index < -0.39 is 12.2 Å². The molecule has 2 heterocycles. The highest BCUT2D eigenvalue weighted by molar-refractivity contribution is 5.94. The third-order valence-electron chi connectivity index (χ3n) is 5.51. The van der Waals surface area contributed by atoms with E-state index in [4.69, 9.17) is 4.74 Å². The zero-order valence-electron chi connectivity index (χ0n) is 15.2. The molecule has 6 heteroatoms. The van der Waals surface area contributed by atoms with Gasteiger partial charge in [-0.15, -0.1) is 0 Å². The van der Waals surface area contributed by atoms with Crippen LogP contribution in [-0.4, -0.2) is 65.6 Å². The third-order valence-corrected chi connectivity index (χ3v) is 5.51. The molecule has 3 rings (SSSR count). The van der Waals surface area contributed by atoms with Crippen molar-refractivity contribution in [3.05, 3.63) is 30.3 Å². The largest absolute Gasteiger partial charge is 0.396 e. The standard InChI is InChI=1S/C20H30N2O4/c23-14-15-8-11-22(12-9-15)13-10-17-6-7-18(24)19(26-17)20(25)21-16-4-2-1-3-5-16/h1-5,15,17-19,23-24H,6-14H2,(H,21,25)/t17-,18-,19+/m0/s1. The number of piperidine rings is 1. The molecule has 0 aromatic heterocycles. The summed E-state index contributed by atoms with van der Waals surface area (Å²) in [6.45, 7) is 3.25. The highest BCUT2D eigenvalue weighted by Crippen LogP contribution is 2.24. The zero-order chi connectivity index (χ0) is 18.4. The fourth-order valence-corrected chi connectivity index (χ4v) is 3.78. The molecule has 1 aromatic rings. The second-order valence-corrected chi connectivity index (χ2v) is 7.43. The predicted molar refractivity (Wildman–Crippen MR) is 99.8 cm³/mol. The van der Waals surface area contributed by atoms with Crippen LogP contribution in [0.3, 0.4) is 0 Å². The number of nitrogens with zero attached hydrogens (tertiary/aromatic N) is 1. The molecule has 1 aromatic carbocycles. The molecule has 0 spiro atoms. The molecule has 3 atom stereocenters. The first-order valence-electron chi connectivity index (χ1n) is 9.68. The summed E-state index contributed by atoms with van der Waals surface area (Å²) in [5.41, 5.74) is 0.710. The Kier molecular flexibility index (Phi) is 7.02. The Morgan fingerprint density at radius 1 is 1.15 bits per heavy atom. The summed E-state index contributed by atoms with van der Waals surface area (Å²) >= 11 is 0. The van der Waals surface area contributed by atoms with Crippen LogP contribution >= 0.6 is 0 Å². The number of carbonyl (C=O) groups excluding carboxylic acids is 1. The number of benzene rings is 1. The number of ether oxygens (including phenoxy) is 1. The zero-order valence-corrected chi connectivity index (χ0v) is 15.2. The van der Waals surface area contributed by atoms with Crippen molar-refractivity contribution in [1.82, 2.24) is 4.90 Å². The summed E-state index contributed by atoms with van der Waals surface area (Å²) in [6.07, 6.45) is 2.76. The van der Waals surface area contributed by atoms with E-state index in [1.165, 1.54) is 0 Å². The van der Waals surface area contributed by atoms with Crippen molar-refractivity contribution in [1.29, 1.82) is 0 Å². The topological polar surface area (TPSA) is 82.0 Å². The molecule has 0 aliphatic carbocycles. The average molecular weight is 362 g/mol. The minimum absolute atomic E-state index is 0.000452. The van der Waals surface area contributed by atoms with Crippen LogP contribution in [0, 0.1) is 5.92 Å². The SMILES string of the molecule is O=C(Nc1ccccc1)[C@@H]1O[C@H](CCN2CCC(CO)CC2)CC[C@@H]1O. The molecular weight excluding hydrogens is 332 g/mol. The van der Waals surface area contributed by atoms with Gasteiger partial charge in [0.15, 0.2) is 6.10 Å². The highest BCUT2D eigenvalue weighted by Gasteiger charge is 2.35. The summed E-state index contributed by atoms with van der Waals surface area (Å²) in [4.78, 5) is 14.9. The van der Waals surface area contributed by atoms with Crippen molar-refractivity contribution in [3.63, 3.8) is 0 Å². The predicted octanol–water partition coefficient (Wildman–Crippen LogP) is 1.63. The van der Waals surface area contributed by atoms with Gasteiger partial charge in [0.05, 0.1) is 12.2 Å². The Balaban J connectivity index is 1.46. The molecular formula is C20H30N2O4. The van der Waals surface area contributed by atoms with Crippen molar-refractivity contribution in [3.8, 4) is 0 Å². The average Bonchev–Trinajstić information content (AvgIpc) is 2.68. The van der Waals surface area contributed by atoms with Gasteiger partial charge in [0.25, 0.3) is 5.91 Å². The number of likely N-dealkylation sites (tertiary alicyclic amines) is 1. The lowest BCUT2D eigenvalue weighted by Crippen LogP contribution is -2.47. The monoisotopic (exact) mass is 362 g/mol. The van der Waals surface area contributed by atoms with Crippen LogP contribution in [0.25, 0.3) is 0 Å². The number of hydrogen-bond donors (Lipinski definition) is 3. The molecule has 0 saturated carbocycles. The van der Waals surface area contributed by atoms with Crippen LogP contribution in [0.5, 0.6) is 0 Å². The van der Waals surface area contributed by atoms with E-state index in [1.54, 1.807) is 0 Å². The van der Waals surface area contributed by atoms with E-state index in [0.29, 0.717) is 18.0 Å². The second kappa shape index (κ2) is 9.46. The lowest BCUT2D eigenvalue weighted by molar-refractivity contribution is -0.153. The maximum Gasteiger partial charge on any atom is 0.256 e. The molecule has 0 radical (unpaired) electrons. The number of hydrogen-bond acceptors (Lipinski definition) is 5. The van der Waals surface area contributed by atoms with Crippen molar-refractivity contribution in [2.75, 3.05) is 31.6 Å². The van der Waals surface area contributed by atoms with Crippen molar-refractivity contribution in [2.45, 2.75) is 50.4 Å². The molecule has 26 heavy (non-hydrogen) atoms. The lowest BCUT2D eigenvalue weighted by Gasteiger charge is -2.35. The normalized spacial score (nSPS) is 28.0. The number of nitrogens with one attached hydrogen (secondary N) is 1. The van der Waals surface area contributed by atoms with Crippen LogP contribution in [0.15, 0.2) is 30.3 Å². The quantitative estimate of drug-likeness (QED) is 0.717. The van der Waals surface area contributed by atoms with Crippen molar-refractivity contribution in [2.24, 2.45) is 5.92 Å². The molecule has 1 amide bonds. The molecule has 3 N–H and O–H groups in total. The Bertz CT molecular complexity index is 560. The van der Waals surface area contributed by atoms with Crippen LogP contribution in [-0.2, 0) is 9.53 Å². The Morgan fingerprint density at radius 2 is 1.88 bits per heavy atom. The van der Waals surface area contributed by atoms with E-state index in [2.05, 4.69) is 10.2 Å². The summed E-state index contributed by atoms with van der Waals surface area (Å²) < 4.78 is 5.94. The Hall–Kier alpha value is -1.47. The van der Waals surface area contributed by atoms with Gasteiger partial charge >= 0.3 is 0 Å². The first-order valence-corrected chi connectivity index (χ1v) is 9.68. The Labute approximate surface area is 155 Å². The van der Waals surface area contributed by atoms with Gasteiger partial charge in [0.1, 0.15) is 0 Å². The minimum Gasteiger partial charge on any atom is -0.396 e. The molecule has 0 unspecified atom stereocenters. The maximum absolute atomic E-state index is 12.5. The highest BCUT2D eigenvalue weighted by atomic mass is 16.5. The van der Waals surface area contributed by atoms with E-state index in [9.17, 15) is 15.0 Å². The molecule has 144 valence electrons. The summed E-state index contributed by atoms with van der Waals surface area (Å²) in [5, 5.41) is 22.2. The molecule has 0 bridgehead atoms. The maximum atomic E-state index is 12.5. The number of aliphatic hydroxyl groups excluding tert-OH is 2. The lowest BCUT2D eigenvalue weighted by atomic mass is 9.96. The van der Waals surface area contributed by atoms with E-state index >= 15 is 0 Å². The summed E-state index contributed by atoms with van der Waals surface area (Å²) in [5.74, 6) is 0.163. The number of carbonyl (C=O) groups is 1. The van der Waals surface area contributed by atoms with Crippen LogP contribution in [0.2, 0.25) is 0 Å². The summed E-state index contributed by atoms with van der Waals surface area (Å²) in [6, 6.07) is 9.25. The first-order chi connectivity index (χ1) is 12.7. The number of para-hydroxylation sites is 1. The van der Waals surface area contributed by atoms with Crippen molar-refractivity contribution >= 4 is 11.6 Å². The smallest absolute Gasteiger partial charge is 0.256 e. The van der Waals surface area contributed by atoms with Crippen LogP contribution in [0.1, 0.15) is 32.1 Å². The van der Waals surface area contributed by atoms with Gasteiger partial charge in [-0.25, -0.2) is 0 Å². The fraction of sp³-hybridized carbons (Fsp3) is 0.650. The van der Waals surface area contributed by atoms with Gasteiger partial charge in [-0.05, 0) is 63.2 Å². The van der Waals surface area contributed by atoms with Crippen LogP contribution in [0.4, 0.5) is 5.69 Å². The molecule has 2 aliphatic heterocycles. The first kappa shape index (κ1) is 19.3. The Morgan fingerprint density at radius 3 is 2.58 bits per heavy atom. The third kappa shape index (κ3) is 5.27. The number of rotatable bonds is 6. The van der Waals surface area contributed by atoms with E-state index in [1.807, 2.05) is 30.3 Å². The van der Waals surface area contributed by atoms with Gasteiger partial charge < -0.3 is 25.2 Å². The fourth-order valence-electron chi connectivity index (χ4n) is 3.78. The number of aliphatic hydroxyl groups is 2. The molecule has 2 saturated heterocycles. The summed E-state index contributed by atoms with van der Waals surface area (Å²) in [7, 11) is 0.